The van der Waals surface area contributed by atoms with Gasteiger partial charge in [0.05, 0.1) is 18.1 Å². The molecule has 1 saturated heterocycles. The number of para-hydroxylation sites is 1. The molecule has 1 fully saturated rings. The molecule has 0 bridgehead atoms. The van der Waals surface area contributed by atoms with Crippen LogP contribution in [0, 0.1) is 5.92 Å². The van der Waals surface area contributed by atoms with Crippen LogP contribution in [0.15, 0.2) is 53.4 Å². The number of rotatable bonds is 6. The largest absolute Gasteiger partial charge is 0.490 e. The number of hydrogen-bond donors (Lipinski definition) is 1. The molecule has 178 valence electrons. The lowest BCUT2D eigenvalue weighted by Gasteiger charge is -2.38. The minimum atomic E-state index is -3.93. The average molecular weight is 474 g/mol. The first-order valence-corrected chi connectivity index (χ1v) is 12.8. The molecule has 2 aromatic rings. The van der Waals surface area contributed by atoms with Crippen molar-refractivity contribution in [3.63, 3.8) is 0 Å². The van der Waals surface area contributed by atoms with E-state index in [1.165, 1.54) is 12.1 Å². The number of carbonyl (C=O) groups excluding carboxylic acids is 1. The summed E-state index contributed by atoms with van der Waals surface area (Å²) in [7, 11) is -3.93. The van der Waals surface area contributed by atoms with E-state index < -0.39 is 16.1 Å². The fourth-order valence-corrected chi connectivity index (χ4v) is 5.39. The third-order valence-corrected chi connectivity index (χ3v) is 7.40. The van der Waals surface area contributed by atoms with E-state index in [9.17, 15) is 13.2 Å². The summed E-state index contributed by atoms with van der Waals surface area (Å²) in [6, 6.07) is 13.8. The summed E-state index contributed by atoms with van der Waals surface area (Å²) in [5.41, 5.74) is 1.13. The Morgan fingerprint density at radius 2 is 1.61 bits per heavy atom. The molecule has 1 N–H and O–H groups in total. The number of hydrogen-bond acceptors (Lipinski definition) is 6. The van der Waals surface area contributed by atoms with Gasteiger partial charge in [0.25, 0.3) is 0 Å². The van der Waals surface area contributed by atoms with Crippen molar-refractivity contribution in [2.45, 2.75) is 31.2 Å². The third kappa shape index (κ3) is 5.42. The van der Waals surface area contributed by atoms with E-state index in [1.54, 1.807) is 11.0 Å². The molecule has 0 saturated carbocycles. The Kier molecular flexibility index (Phi) is 7.09. The van der Waals surface area contributed by atoms with Crippen molar-refractivity contribution in [1.82, 2.24) is 9.62 Å². The first kappa shape index (κ1) is 23.4. The summed E-state index contributed by atoms with van der Waals surface area (Å²) < 4.78 is 40.2. The third-order valence-electron chi connectivity index (χ3n) is 5.96. The van der Waals surface area contributed by atoms with Gasteiger partial charge < -0.3 is 19.3 Å². The van der Waals surface area contributed by atoms with Gasteiger partial charge >= 0.3 is 0 Å². The minimum absolute atomic E-state index is 0.0547. The Bertz CT molecular complexity index is 1070. The zero-order valence-corrected chi connectivity index (χ0v) is 19.9. The van der Waals surface area contributed by atoms with Gasteiger partial charge in [0.2, 0.25) is 15.9 Å². The van der Waals surface area contributed by atoms with E-state index in [0.29, 0.717) is 50.9 Å². The topological polar surface area (TPSA) is 88.2 Å². The van der Waals surface area contributed by atoms with Gasteiger partial charge in [-0.2, -0.15) is 4.72 Å². The monoisotopic (exact) mass is 473 g/mol. The number of benzene rings is 2. The molecule has 0 aliphatic carbocycles. The maximum Gasteiger partial charge on any atom is 0.241 e. The van der Waals surface area contributed by atoms with E-state index in [0.717, 1.165) is 12.1 Å². The van der Waals surface area contributed by atoms with Crippen LogP contribution in [-0.2, 0) is 14.8 Å². The number of amides is 1. The van der Waals surface area contributed by atoms with Crippen LogP contribution in [0.3, 0.4) is 0 Å². The van der Waals surface area contributed by atoms with Crippen molar-refractivity contribution in [2.75, 3.05) is 44.3 Å². The van der Waals surface area contributed by atoms with Crippen LogP contribution in [0.25, 0.3) is 0 Å². The number of ether oxygens (including phenoxy) is 2. The molecular formula is C24H31N3O5S. The van der Waals surface area contributed by atoms with E-state index >= 15 is 0 Å². The van der Waals surface area contributed by atoms with Crippen LogP contribution < -0.4 is 19.1 Å². The Balaban J connectivity index is 1.45. The molecule has 33 heavy (non-hydrogen) atoms. The summed E-state index contributed by atoms with van der Waals surface area (Å²) in [6.45, 7) is 7.18. The molecule has 4 rings (SSSR count). The Morgan fingerprint density at radius 3 is 2.27 bits per heavy atom. The fourth-order valence-electron chi connectivity index (χ4n) is 4.04. The number of carbonyl (C=O) groups is 1. The lowest BCUT2D eigenvalue weighted by atomic mass is 10.0. The van der Waals surface area contributed by atoms with Crippen LogP contribution in [-0.4, -0.2) is 64.7 Å². The zero-order chi connectivity index (χ0) is 23.4. The summed E-state index contributed by atoms with van der Waals surface area (Å²) in [4.78, 5) is 17.3. The summed E-state index contributed by atoms with van der Waals surface area (Å²) in [6.07, 6.45) is 0.733. The molecule has 2 aromatic carbocycles. The lowest BCUT2D eigenvalue weighted by molar-refractivity contribution is -0.134. The molecule has 0 spiro atoms. The number of fused-ring (bicyclic) bond motifs is 1. The number of nitrogens with one attached hydrogen (secondary N) is 1. The molecule has 2 aliphatic heterocycles. The van der Waals surface area contributed by atoms with Crippen molar-refractivity contribution in [3.8, 4) is 11.5 Å². The van der Waals surface area contributed by atoms with E-state index in [2.05, 4.69) is 21.8 Å². The molecule has 2 aliphatic rings. The maximum absolute atomic E-state index is 13.3. The predicted octanol–water partition coefficient (Wildman–Crippen LogP) is 2.50. The van der Waals surface area contributed by atoms with Crippen LogP contribution in [0.4, 0.5) is 5.69 Å². The van der Waals surface area contributed by atoms with Gasteiger partial charge in [-0.05, 0) is 30.2 Å². The average Bonchev–Trinajstić information content (AvgIpc) is 3.08. The first-order valence-electron chi connectivity index (χ1n) is 11.4. The first-order chi connectivity index (χ1) is 15.8. The van der Waals surface area contributed by atoms with Crippen molar-refractivity contribution < 1.29 is 22.7 Å². The highest BCUT2D eigenvalue weighted by Crippen LogP contribution is 2.32. The van der Waals surface area contributed by atoms with Crippen molar-refractivity contribution in [2.24, 2.45) is 5.92 Å². The highest BCUT2D eigenvalue weighted by Gasteiger charge is 2.33. The number of nitrogens with zero attached hydrogens (tertiary/aromatic N) is 2. The number of anilines is 1. The highest BCUT2D eigenvalue weighted by molar-refractivity contribution is 7.89. The number of sulfonamides is 1. The summed E-state index contributed by atoms with van der Waals surface area (Å²) >= 11 is 0. The quantitative estimate of drug-likeness (QED) is 0.694. The minimum Gasteiger partial charge on any atom is -0.490 e. The normalized spacial score (nSPS) is 17.5. The van der Waals surface area contributed by atoms with E-state index in [1.807, 2.05) is 32.0 Å². The van der Waals surface area contributed by atoms with Crippen molar-refractivity contribution in [1.29, 1.82) is 0 Å². The Labute approximate surface area is 195 Å². The van der Waals surface area contributed by atoms with Gasteiger partial charge in [0, 0.05) is 44.4 Å². The van der Waals surface area contributed by atoms with Gasteiger partial charge in [-0.25, -0.2) is 8.42 Å². The standard InChI is InChI=1S/C24H31N3O5S/c1-18(2)23(24(28)27-13-11-26(12-14-27)19-7-4-3-5-8-19)25-33(29,30)20-9-10-21-22(17-20)32-16-6-15-31-21/h3-5,7-10,17-18,23,25H,6,11-16H2,1-2H3. The molecule has 1 atom stereocenters. The molecule has 2 heterocycles. The molecule has 1 unspecified atom stereocenters. The summed E-state index contributed by atoms with van der Waals surface area (Å²) in [5.74, 6) is 0.523. The fraction of sp³-hybridized carbons (Fsp3) is 0.458. The lowest BCUT2D eigenvalue weighted by Crippen LogP contribution is -2.56. The smallest absolute Gasteiger partial charge is 0.241 e. The molecular weight excluding hydrogens is 442 g/mol. The second-order valence-electron chi connectivity index (χ2n) is 8.65. The second kappa shape index (κ2) is 10.0. The van der Waals surface area contributed by atoms with Gasteiger partial charge in [-0.3, -0.25) is 4.79 Å². The van der Waals surface area contributed by atoms with E-state index in [-0.39, 0.29) is 16.7 Å². The number of piperazine rings is 1. The SMILES string of the molecule is CC(C)C(NS(=O)(=O)c1ccc2c(c1)OCCCO2)C(=O)N1CCN(c2ccccc2)CC1. The van der Waals surface area contributed by atoms with Gasteiger partial charge in [-0.1, -0.05) is 32.0 Å². The maximum atomic E-state index is 13.3. The van der Waals surface area contributed by atoms with Crippen LogP contribution in [0.1, 0.15) is 20.3 Å². The van der Waals surface area contributed by atoms with Crippen LogP contribution in [0.2, 0.25) is 0 Å². The van der Waals surface area contributed by atoms with Crippen LogP contribution in [0.5, 0.6) is 11.5 Å². The molecule has 0 radical (unpaired) electrons. The van der Waals surface area contributed by atoms with Crippen molar-refractivity contribution >= 4 is 21.6 Å². The Morgan fingerprint density at radius 1 is 0.939 bits per heavy atom. The molecule has 1 amide bonds. The van der Waals surface area contributed by atoms with Gasteiger partial charge in [0.15, 0.2) is 11.5 Å². The van der Waals surface area contributed by atoms with Crippen LogP contribution >= 0.6 is 0 Å². The molecule has 8 nitrogen and oxygen atoms in total. The second-order valence-corrected chi connectivity index (χ2v) is 10.4. The highest BCUT2D eigenvalue weighted by atomic mass is 32.2. The molecule has 0 aromatic heterocycles. The predicted molar refractivity (Wildman–Crippen MR) is 126 cm³/mol. The summed E-state index contributed by atoms with van der Waals surface area (Å²) in [5, 5.41) is 0. The van der Waals surface area contributed by atoms with Gasteiger partial charge in [0.1, 0.15) is 6.04 Å². The van der Waals surface area contributed by atoms with E-state index in [4.69, 9.17) is 9.47 Å². The zero-order valence-electron chi connectivity index (χ0n) is 19.1. The molecule has 9 heteroatoms. The Hall–Kier alpha value is -2.78. The van der Waals surface area contributed by atoms with Gasteiger partial charge in [-0.15, -0.1) is 0 Å². The van der Waals surface area contributed by atoms with Crippen molar-refractivity contribution in [3.05, 3.63) is 48.5 Å².